The first-order valence-corrected chi connectivity index (χ1v) is 8.58. The van der Waals surface area contributed by atoms with Crippen molar-refractivity contribution < 1.29 is 24.2 Å². The number of hydrogen-bond acceptors (Lipinski definition) is 4. The number of ether oxygens (including phenoxy) is 1. The summed E-state index contributed by atoms with van der Waals surface area (Å²) in [6.45, 7) is 0.483. The Morgan fingerprint density at radius 1 is 1.12 bits per heavy atom. The molecule has 1 aromatic carbocycles. The van der Waals surface area contributed by atoms with Crippen LogP contribution in [0.3, 0.4) is 0 Å². The Morgan fingerprint density at radius 3 is 2.64 bits per heavy atom. The van der Waals surface area contributed by atoms with Crippen LogP contribution in [0.25, 0.3) is 0 Å². The molecule has 1 aliphatic heterocycles. The van der Waals surface area contributed by atoms with Crippen molar-refractivity contribution in [3.05, 3.63) is 24.3 Å². The molecule has 0 saturated heterocycles. The van der Waals surface area contributed by atoms with Crippen molar-refractivity contribution in [2.45, 2.75) is 38.5 Å². The predicted octanol–water partition coefficient (Wildman–Crippen LogP) is 1.95. The van der Waals surface area contributed by atoms with Crippen LogP contribution in [0.1, 0.15) is 38.5 Å². The molecule has 7 nitrogen and oxygen atoms in total. The van der Waals surface area contributed by atoms with Crippen LogP contribution in [0.4, 0.5) is 5.69 Å². The number of nitrogens with zero attached hydrogens (tertiary/aromatic N) is 1. The number of para-hydroxylation sites is 2. The van der Waals surface area contributed by atoms with Gasteiger partial charge in [-0.1, -0.05) is 31.4 Å². The Balaban J connectivity index is 1.65. The zero-order valence-electron chi connectivity index (χ0n) is 14.2. The van der Waals surface area contributed by atoms with Crippen molar-refractivity contribution in [2.24, 2.45) is 0 Å². The maximum absolute atomic E-state index is 12.1. The first-order chi connectivity index (χ1) is 12.1. The van der Waals surface area contributed by atoms with Crippen LogP contribution >= 0.6 is 0 Å². The number of anilines is 1. The van der Waals surface area contributed by atoms with E-state index in [4.69, 9.17) is 9.84 Å². The molecular formula is C18H24N2O5. The van der Waals surface area contributed by atoms with Gasteiger partial charge in [-0.05, 0) is 25.0 Å². The van der Waals surface area contributed by atoms with Crippen LogP contribution in [0.5, 0.6) is 5.75 Å². The predicted molar refractivity (Wildman–Crippen MR) is 92.6 cm³/mol. The third-order valence-corrected chi connectivity index (χ3v) is 4.00. The Kier molecular flexibility index (Phi) is 7.25. The molecule has 2 N–H and O–H groups in total. The van der Waals surface area contributed by atoms with Crippen LogP contribution in [-0.4, -0.2) is 42.6 Å². The third kappa shape index (κ3) is 6.10. The summed E-state index contributed by atoms with van der Waals surface area (Å²) in [6.07, 6.45) is 4.54. The van der Waals surface area contributed by atoms with E-state index in [2.05, 4.69) is 5.32 Å². The van der Waals surface area contributed by atoms with Gasteiger partial charge in [0.2, 0.25) is 5.91 Å². The fourth-order valence-electron chi connectivity index (χ4n) is 2.69. The molecule has 136 valence electrons. The normalized spacial score (nSPS) is 13.1. The first kappa shape index (κ1) is 18.8. The molecule has 0 spiro atoms. The number of fused-ring (bicyclic) bond motifs is 1. The summed E-state index contributed by atoms with van der Waals surface area (Å²) < 4.78 is 5.35. The quantitative estimate of drug-likeness (QED) is 0.630. The second-order valence-electron chi connectivity index (χ2n) is 6.00. The van der Waals surface area contributed by atoms with E-state index in [1.54, 1.807) is 18.2 Å². The summed E-state index contributed by atoms with van der Waals surface area (Å²) >= 11 is 0. The van der Waals surface area contributed by atoms with E-state index < -0.39 is 5.97 Å². The number of carbonyl (C=O) groups excluding carboxylic acids is 2. The van der Waals surface area contributed by atoms with E-state index in [1.165, 1.54) is 4.90 Å². The molecule has 0 aromatic heterocycles. The van der Waals surface area contributed by atoms with Crippen molar-refractivity contribution in [3.63, 3.8) is 0 Å². The van der Waals surface area contributed by atoms with E-state index in [0.29, 0.717) is 24.4 Å². The number of benzene rings is 1. The van der Waals surface area contributed by atoms with Gasteiger partial charge in [0.05, 0.1) is 5.69 Å². The number of carboxylic acids is 1. The molecule has 0 radical (unpaired) electrons. The molecule has 1 aliphatic rings. The van der Waals surface area contributed by atoms with E-state index >= 15 is 0 Å². The highest BCUT2D eigenvalue weighted by molar-refractivity contribution is 6.02. The van der Waals surface area contributed by atoms with E-state index in [1.807, 2.05) is 6.07 Å². The average molecular weight is 348 g/mol. The fraction of sp³-hybridized carbons (Fsp3) is 0.500. The fourth-order valence-corrected chi connectivity index (χ4v) is 2.69. The number of carboxylic acid groups (broad SMARTS) is 1. The Hall–Kier alpha value is -2.57. The summed E-state index contributed by atoms with van der Waals surface area (Å²) in [4.78, 5) is 35.9. The average Bonchev–Trinajstić information content (AvgIpc) is 2.59. The number of carbonyl (C=O) groups is 3. The topological polar surface area (TPSA) is 95.9 Å². The maximum Gasteiger partial charge on any atom is 0.303 e. The van der Waals surface area contributed by atoms with Crippen LogP contribution in [0, 0.1) is 0 Å². The van der Waals surface area contributed by atoms with Crippen LogP contribution in [0.15, 0.2) is 24.3 Å². The van der Waals surface area contributed by atoms with Gasteiger partial charge in [-0.15, -0.1) is 0 Å². The first-order valence-electron chi connectivity index (χ1n) is 8.58. The van der Waals surface area contributed by atoms with Gasteiger partial charge in [-0.25, -0.2) is 0 Å². The van der Waals surface area contributed by atoms with Gasteiger partial charge in [0.25, 0.3) is 5.91 Å². The smallest absolute Gasteiger partial charge is 0.303 e. The largest absolute Gasteiger partial charge is 0.482 e. The number of aliphatic carboxylic acids is 1. The monoisotopic (exact) mass is 348 g/mol. The standard InChI is InChI=1S/C18H24N2O5/c21-16(19-11-7-3-1-2-4-10-18(23)24)12-20-14-8-5-6-9-15(14)25-13-17(20)22/h5-6,8-9H,1-4,7,10-13H2,(H,19,21)(H,23,24). The summed E-state index contributed by atoms with van der Waals surface area (Å²) in [5.41, 5.74) is 0.618. The van der Waals surface area contributed by atoms with Gasteiger partial charge in [0.1, 0.15) is 12.3 Å². The van der Waals surface area contributed by atoms with Gasteiger partial charge in [0, 0.05) is 13.0 Å². The number of amides is 2. The maximum atomic E-state index is 12.1. The second-order valence-corrected chi connectivity index (χ2v) is 6.00. The molecule has 0 fully saturated rings. The molecule has 0 atom stereocenters. The molecule has 2 rings (SSSR count). The Morgan fingerprint density at radius 2 is 1.84 bits per heavy atom. The van der Waals surface area contributed by atoms with E-state index in [-0.39, 0.29) is 31.4 Å². The van der Waals surface area contributed by atoms with E-state index in [9.17, 15) is 14.4 Å². The van der Waals surface area contributed by atoms with Crippen molar-refractivity contribution in [2.75, 3.05) is 24.6 Å². The molecule has 7 heteroatoms. The molecule has 0 aliphatic carbocycles. The van der Waals surface area contributed by atoms with Gasteiger partial charge in [-0.2, -0.15) is 0 Å². The van der Waals surface area contributed by atoms with Gasteiger partial charge in [0.15, 0.2) is 6.61 Å². The number of unbranched alkanes of at least 4 members (excludes halogenated alkanes) is 4. The highest BCUT2D eigenvalue weighted by atomic mass is 16.5. The van der Waals surface area contributed by atoms with Gasteiger partial charge < -0.3 is 15.2 Å². The molecule has 1 heterocycles. The SMILES string of the molecule is O=C(O)CCCCCCCNC(=O)CN1C(=O)COc2ccccc21. The molecule has 0 bridgehead atoms. The minimum atomic E-state index is -0.758. The summed E-state index contributed by atoms with van der Waals surface area (Å²) in [7, 11) is 0. The van der Waals surface area contributed by atoms with Crippen molar-refractivity contribution >= 4 is 23.5 Å². The van der Waals surface area contributed by atoms with Crippen molar-refractivity contribution in [1.82, 2.24) is 5.32 Å². The Bertz CT molecular complexity index is 617. The van der Waals surface area contributed by atoms with Gasteiger partial charge in [-0.3, -0.25) is 19.3 Å². The third-order valence-electron chi connectivity index (χ3n) is 4.00. The van der Waals surface area contributed by atoms with Crippen LogP contribution in [-0.2, 0) is 14.4 Å². The number of nitrogens with one attached hydrogen (secondary N) is 1. The summed E-state index contributed by atoms with van der Waals surface area (Å²) in [5.74, 6) is -0.578. The zero-order valence-corrected chi connectivity index (χ0v) is 14.2. The van der Waals surface area contributed by atoms with Crippen LogP contribution < -0.4 is 15.0 Å². The lowest BCUT2D eigenvalue weighted by atomic mass is 10.1. The van der Waals surface area contributed by atoms with Crippen molar-refractivity contribution in [1.29, 1.82) is 0 Å². The highest BCUT2D eigenvalue weighted by Gasteiger charge is 2.26. The lowest BCUT2D eigenvalue weighted by molar-refractivity contribution is -0.137. The number of hydrogen-bond donors (Lipinski definition) is 2. The minimum Gasteiger partial charge on any atom is -0.482 e. The molecule has 0 saturated carbocycles. The highest BCUT2D eigenvalue weighted by Crippen LogP contribution is 2.31. The molecule has 2 amide bonds. The summed E-state index contributed by atoms with van der Waals surface area (Å²) in [6, 6.07) is 7.16. The molecule has 0 unspecified atom stereocenters. The molecular weight excluding hydrogens is 324 g/mol. The zero-order chi connectivity index (χ0) is 18.1. The lowest BCUT2D eigenvalue weighted by Gasteiger charge is -2.28. The minimum absolute atomic E-state index is 0.0161. The molecule has 25 heavy (non-hydrogen) atoms. The van der Waals surface area contributed by atoms with Gasteiger partial charge >= 0.3 is 5.97 Å². The van der Waals surface area contributed by atoms with Crippen molar-refractivity contribution in [3.8, 4) is 5.75 Å². The Labute approximate surface area is 147 Å². The lowest BCUT2D eigenvalue weighted by Crippen LogP contribution is -2.45. The molecule has 1 aromatic rings. The second kappa shape index (κ2) is 9.66. The number of rotatable bonds is 10. The van der Waals surface area contributed by atoms with Crippen LogP contribution in [0.2, 0.25) is 0 Å². The summed E-state index contributed by atoms with van der Waals surface area (Å²) in [5, 5.41) is 11.4. The van der Waals surface area contributed by atoms with E-state index in [0.717, 1.165) is 25.7 Å².